The number of alkyl halides is 3. The predicted octanol–water partition coefficient (Wildman–Crippen LogP) is 5.28. The van der Waals surface area contributed by atoms with E-state index in [1.54, 1.807) is 30.3 Å². The Balaban J connectivity index is 1.35. The number of hydrogen-bond donors (Lipinski definition) is 2. The average molecular weight is 502 g/mol. The number of aliphatic hydroxyl groups is 2. The fourth-order valence-corrected chi connectivity index (χ4v) is 5.22. The average Bonchev–Trinajstić information content (AvgIpc) is 3.59. The molecule has 0 radical (unpaired) electrons. The van der Waals surface area contributed by atoms with Crippen LogP contribution in [0.4, 0.5) is 13.2 Å². The third kappa shape index (κ3) is 5.15. The zero-order valence-electron chi connectivity index (χ0n) is 18.4. The number of likely N-dealkylation sites (tertiary alicyclic amines) is 1. The third-order valence-electron chi connectivity index (χ3n) is 6.06. The van der Waals surface area contributed by atoms with Crippen LogP contribution in [-0.2, 0) is 12.7 Å². The highest BCUT2D eigenvalue weighted by atomic mass is 32.1. The summed E-state index contributed by atoms with van der Waals surface area (Å²) in [4.78, 5) is 6.04. The van der Waals surface area contributed by atoms with Crippen molar-refractivity contribution in [3.05, 3.63) is 71.1 Å². The summed E-state index contributed by atoms with van der Waals surface area (Å²) in [6.45, 7) is 2.10. The lowest BCUT2D eigenvalue weighted by Gasteiger charge is -2.17. The van der Waals surface area contributed by atoms with E-state index in [0.29, 0.717) is 41.4 Å². The van der Waals surface area contributed by atoms with Gasteiger partial charge in [0.2, 0.25) is 5.82 Å². The third-order valence-corrected chi connectivity index (χ3v) is 7.23. The van der Waals surface area contributed by atoms with Crippen molar-refractivity contribution in [1.29, 1.82) is 0 Å². The largest absolute Gasteiger partial charge is 0.426 e. The minimum absolute atomic E-state index is 0.0347. The van der Waals surface area contributed by atoms with Gasteiger partial charge in [-0.2, -0.15) is 18.2 Å². The zero-order valence-corrected chi connectivity index (χ0v) is 19.3. The zero-order chi connectivity index (χ0) is 24.6. The normalized spacial score (nSPS) is 16.9. The second-order valence-corrected chi connectivity index (χ2v) is 9.59. The Morgan fingerprint density at radius 1 is 1.06 bits per heavy atom. The fraction of sp³-hybridized carbons (Fsp3) is 0.280. The number of aromatic nitrogens is 2. The van der Waals surface area contributed by atoms with Gasteiger partial charge in [0.05, 0.1) is 4.88 Å². The first kappa shape index (κ1) is 23.7. The van der Waals surface area contributed by atoms with E-state index in [1.807, 2.05) is 24.3 Å². The van der Waals surface area contributed by atoms with E-state index in [0.717, 1.165) is 18.5 Å². The molecule has 1 aliphatic rings. The van der Waals surface area contributed by atoms with Crippen molar-refractivity contribution >= 4 is 11.3 Å². The van der Waals surface area contributed by atoms with Gasteiger partial charge in [0, 0.05) is 30.1 Å². The Kier molecular flexibility index (Phi) is 6.45. The molecule has 1 fully saturated rings. The molecule has 4 aromatic rings. The first-order valence-electron chi connectivity index (χ1n) is 11.1. The van der Waals surface area contributed by atoms with Gasteiger partial charge in [0.25, 0.3) is 5.89 Å². The van der Waals surface area contributed by atoms with Gasteiger partial charge in [-0.25, -0.2) is 0 Å². The molecule has 5 rings (SSSR count). The maximum absolute atomic E-state index is 13.7. The van der Waals surface area contributed by atoms with E-state index in [4.69, 9.17) is 4.52 Å². The molecule has 1 atom stereocenters. The quantitative estimate of drug-likeness (QED) is 0.350. The molecule has 182 valence electrons. The number of thiophene rings is 1. The van der Waals surface area contributed by atoms with Gasteiger partial charge < -0.3 is 14.7 Å². The van der Waals surface area contributed by atoms with Crippen molar-refractivity contribution < 1.29 is 27.9 Å². The molecule has 0 bridgehead atoms. The smallest absolute Gasteiger partial charge is 0.368 e. The molecule has 0 amide bonds. The minimum atomic E-state index is -4.50. The van der Waals surface area contributed by atoms with Gasteiger partial charge in [0.1, 0.15) is 4.88 Å². The van der Waals surface area contributed by atoms with E-state index >= 15 is 0 Å². The number of hydrogen-bond acceptors (Lipinski definition) is 7. The highest BCUT2D eigenvalue weighted by Gasteiger charge is 2.37. The Morgan fingerprint density at radius 2 is 1.80 bits per heavy atom. The van der Waals surface area contributed by atoms with Gasteiger partial charge in [-0.3, -0.25) is 4.90 Å². The molecule has 1 unspecified atom stereocenters. The topological polar surface area (TPSA) is 82.6 Å². The van der Waals surface area contributed by atoms with Crippen LogP contribution in [0.5, 0.6) is 0 Å². The van der Waals surface area contributed by atoms with Gasteiger partial charge in [-0.15, -0.1) is 11.3 Å². The van der Waals surface area contributed by atoms with E-state index in [1.165, 1.54) is 6.07 Å². The lowest BCUT2D eigenvalue weighted by atomic mass is 10.1. The van der Waals surface area contributed by atoms with Crippen molar-refractivity contribution in [2.45, 2.75) is 25.4 Å². The van der Waals surface area contributed by atoms with Gasteiger partial charge >= 0.3 is 6.18 Å². The molecular weight excluding hydrogens is 479 g/mol. The summed E-state index contributed by atoms with van der Waals surface area (Å²) in [6.07, 6.45) is -5.06. The van der Waals surface area contributed by atoms with Crippen molar-refractivity contribution in [1.82, 2.24) is 15.0 Å². The summed E-state index contributed by atoms with van der Waals surface area (Å²) < 4.78 is 46.4. The van der Waals surface area contributed by atoms with Crippen LogP contribution in [-0.4, -0.2) is 44.6 Å². The van der Waals surface area contributed by atoms with Crippen molar-refractivity contribution in [3.63, 3.8) is 0 Å². The minimum Gasteiger partial charge on any atom is -0.368 e. The number of rotatable bonds is 6. The van der Waals surface area contributed by atoms with Crippen LogP contribution in [0.3, 0.4) is 0 Å². The molecule has 0 saturated carbocycles. The molecule has 6 nitrogen and oxygen atoms in total. The molecule has 2 N–H and O–H groups in total. The SMILES string of the molecule is OC(O)C1CCN(Cc2ccc(-c3noc(-c4cc(-c5ccccc5)c(C(F)(F)F)s4)n3)cc2)C1. The fourth-order valence-electron chi connectivity index (χ4n) is 4.25. The highest BCUT2D eigenvalue weighted by molar-refractivity contribution is 7.16. The Morgan fingerprint density at radius 3 is 2.46 bits per heavy atom. The molecular formula is C25H22F3N3O3S. The molecule has 2 aromatic heterocycles. The van der Waals surface area contributed by atoms with E-state index in [-0.39, 0.29) is 22.2 Å². The van der Waals surface area contributed by atoms with Gasteiger partial charge in [-0.1, -0.05) is 59.8 Å². The summed E-state index contributed by atoms with van der Waals surface area (Å²) in [5.41, 5.74) is 2.28. The molecule has 1 saturated heterocycles. The molecule has 35 heavy (non-hydrogen) atoms. The van der Waals surface area contributed by atoms with Crippen molar-refractivity contribution in [2.75, 3.05) is 13.1 Å². The molecule has 0 spiro atoms. The van der Waals surface area contributed by atoms with Crippen LogP contribution in [0.1, 0.15) is 16.9 Å². The number of aliphatic hydroxyl groups excluding tert-OH is 1. The maximum atomic E-state index is 13.7. The Labute approximate surface area is 203 Å². The molecule has 0 aliphatic carbocycles. The summed E-state index contributed by atoms with van der Waals surface area (Å²) in [6, 6.07) is 17.4. The standard InChI is InChI=1S/C25H22F3N3O3S/c26-25(27,28)21-19(16-4-2-1-3-5-16)12-20(35-21)23-29-22(30-34-23)17-8-6-15(7-9-17)13-31-11-10-18(14-31)24(32)33/h1-9,12,18,24,32-33H,10-11,13-14H2. The van der Waals surface area contributed by atoms with Crippen LogP contribution in [0.25, 0.3) is 33.3 Å². The molecule has 3 heterocycles. The maximum Gasteiger partial charge on any atom is 0.426 e. The summed E-state index contributed by atoms with van der Waals surface area (Å²) >= 11 is 0.583. The number of benzene rings is 2. The summed E-state index contributed by atoms with van der Waals surface area (Å²) in [5, 5.41) is 22.7. The second kappa shape index (κ2) is 9.54. The van der Waals surface area contributed by atoms with Crippen LogP contribution < -0.4 is 0 Å². The monoisotopic (exact) mass is 501 g/mol. The molecule has 2 aromatic carbocycles. The van der Waals surface area contributed by atoms with E-state index < -0.39 is 17.3 Å². The summed E-state index contributed by atoms with van der Waals surface area (Å²) in [5.74, 6) is 0.191. The van der Waals surface area contributed by atoms with Crippen molar-refractivity contribution in [2.24, 2.45) is 5.92 Å². The van der Waals surface area contributed by atoms with Crippen LogP contribution in [0.2, 0.25) is 0 Å². The second-order valence-electron chi connectivity index (χ2n) is 8.53. The predicted molar refractivity (Wildman–Crippen MR) is 125 cm³/mol. The van der Waals surface area contributed by atoms with Gasteiger partial charge in [0.15, 0.2) is 6.29 Å². The van der Waals surface area contributed by atoms with Crippen LogP contribution >= 0.6 is 11.3 Å². The van der Waals surface area contributed by atoms with Crippen molar-refractivity contribution in [3.8, 4) is 33.3 Å². The first-order valence-corrected chi connectivity index (χ1v) is 11.9. The van der Waals surface area contributed by atoms with Gasteiger partial charge in [-0.05, 0) is 30.2 Å². The Bertz CT molecular complexity index is 1290. The number of nitrogens with zero attached hydrogens (tertiary/aromatic N) is 3. The van der Waals surface area contributed by atoms with E-state index in [9.17, 15) is 23.4 Å². The summed E-state index contributed by atoms with van der Waals surface area (Å²) in [7, 11) is 0. The molecule has 1 aliphatic heterocycles. The number of halogens is 3. The lowest BCUT2D eigenvalue weighted by molar-refractivity contribution is -0.133. The Hall–Kier alpha value is -3.05. The highest BCUT2D eigenvalue weighted by Crippen LogP contribution is 2.45. The van der Waals surface area contributed by atoms with Crippen LogP contribution in [0, 0.1) is 5.92 Å². The lowest BCUT2D eigenvalue weighted by Crippen LogP contribution is -2.25. The molecule has 10 heteroatoms. The van der Waals surface area contributed by atoms with Crippen LogP contribution in [0.15, 0.2) is 65.2 Å². The first-order chi connectivity index (χ1) is 16.8. The van der Waals surface area contributed by atoms with E-state index in [2.05, 4.69) is 15.0 Å².